The number of thiazole rings is 1. The molecular formula is C19H22ClFN4OS2. The maximum absolute atomic E-state index is 14.1. The largest absolute Gasteiger partial charge is 0.394 e. The summed E-state index contributed by atoms with van der Waals surface area (Å²) in [5.41, 5.74) is 1.09. The van der Waals surface area contributed by atoms with Crippen LogP contribution in [0.1, 0.15) is 38.0 Å². The molecule has 2 heterocycles. The molecule has 0 saturated carbocycles. The fourth-order valence-corrected chi connectivity index (χ4v) is 4.81. The molecule has 0 radical (unpaired) electrons. The van der Waals surface area contributed by atoms with Gasteiger partial charge in [-0.05, 0) is 25.3 Å². The number of benzene rings is 1. The lowest BCUT2D eigenvalue weighted by Crippen LogP contribution is -2.26. The van der Waals surface area contributed by atoms with Gasteiger partial charge in [-0.2, -0.15) is 0 Å². The molecule has 0 saturated heterocycles. The average Bonchev–Trinajstić information content (AvgIpc) is 3.01. The molecule has 2 N–H and O–H groups in total. The van der Waals surface area contributed by atoms with Crippen molar-refractivity contribution in [2.24, 2.45) is 5.92 Å². The highest BCUT2D eigenvalue weighted by atomic mass is 35.5. The van der Waals surface area contributed by atoms with Gasteiger partial charge in [-0.3, -0.25) is 0 Å². The number of aliphatic hydroxyl groups is 1. The minimum absolute atomic E-state index is 0.00961. The van der Waals surface area contributed by atoms with Crippen molar-refractivity contribution in [1.82, 2.24) is 15.0 Å². The van der Waals surface area contributed by atoms with Crippen molar-refractivity contribution >= 4 is 50.9 Å². The van der Waals surface area contributed by atoms with Crippen molar-refractivity contribution in [2.75, 3.05) is 11.9 Å². The molecule has 1 aromatic carbocycles. The number of fused-ring (bicyclic) bond motifs is 1. The molecule has 0 fully saturated rings. The summed E-state index contributed by atoms with van der Waals surface area (Å²) in [6.07, 6.45) is 0.794. The van der Waals surface area contributed by atoms with Gasteiger partial charge in [0.1, 0.15) is 10.5 Å². The Morgan fingerprint density at radius 3 is 2.64 bits per heavy atom. The number of rotatable bonds is 8. The summed E-state index contributed by atoms with van der Waals surface area (Å²) in [6.45, 7) is 6.10. The molecule has 28 heavy (non-hydrogen) atoms. The van der Waals surface area contributed by atoms with Gasteiger partial charge >= 0.3 is 0 Å². The molecule has 3 aromatic rings. The van der Waals surface area contributed by atoms with E-state index in [-0.39, 0.29) is 23.7 Å². The van der Waals surface area contributed by atoms with Gasteiger partial charge in [0, 0.05) is 10.8 Å². The third kappa shape index (κ3) is 5.11. The lowest BCUT2D eigenvalue weighted by Gasteiger charge is -2.19. The highest BCUT2D eigenvalue weighted by Crippen LogP contribution is 2.37. The molecule has 2 atom stereocenters. The Balaban J connectivity index is 1.92. The van der Waals surface area contributed by atoms with Crippen LogP contribution in [0.2, 0.25) is 4.47 Å². The van der Waals surface area contributed by atoms with Crippen LogP contribution in [0.3, 0.4) is 0 Å². The van der Waals surface area contributed by atoms with Crippen molar-refractivity contribution < 1.29 is 9.50 Å². The van der Waals surface area contributed by atoms with Crippen LogP contribution in [-0.4, -0.2) is 32.7 Å². The Morgan fingerprint density at radius 2 is 1.96 bits per heavy atom. The average molecular weight is 441 g/mol. The first-order valence-electron chi connectivity index (χ1n) is 9.00. The fourth-order valence-electron chi connectivity index (χ4n) is 2.90. The first kappa shape index (κ1) is 21.2. The number of thioether (sulfide) groups is 1. The standard InChI is InChI=1S/C19H22ClFN4OS2/c1-10(2)8-12(9-26)22-16-15-17(23-18(20)28-15)25-19(24-16)27-11(3)13-6-4-5-7-14(13)21/h4-7,10-12,26H,8-9H2,1-3H3,(H,22,24,25)/t11-,12+/m0/s1. The summed E-state index contributed by atoms with van der Waals surface area (Å²) < 4.78 is 15.2. The number of nitrogens with one attached hydrogen (secondary N) is 1. The molecule has 0 spiro atoms. The number of nitrogens with zero attached hydrogens (tertiary/aromatic N) is 3. The molecule has 9 heteroatoms. The van der Waals surface area contributed by atoms with Gasteiger partial charge < -0.3 is 10.4 Å². The van der Waals surface area contributed by atoms with Gasteiger partial charge in [-0.1, -0.05) is 66.7 Å². The topological polar surface area (TPSA) is 70.9 Å². The molecule has 0 aliphatic carbocycles. The second-order valence-corrected chi connectivity index (χ2v) is 9.80. The van der Waals surface area contributed by atoms with E-state index in [4.69, 9.17) is 11.6 Å². The van der Waals surface area contributed by atoms with E-state index in [2.05, 4.69) is 34.1 Å². The van der Waals surface area contributed by atoms with E-state index in [1.54, 1.807) is 12.1 Å². The van der Waals surface area contributed by atoms with Crippen molar-refractivity contribution in [3.05, 3.63) is 40.1 Å². The number of hydrogen-bond donors (Lipinski definition) is 2. The lowest BCUT2D eigenvalue weighted by atomic mass is 10.0. The Hall–Kier alpha value is -1.48. The van der Waals surface area contributed by atoms with Crippen molar-refractivity contribution in [3.8, 4) is 0 Å². The first-order chi connectivity index (χ1) is 13.4. The molecule has 0 aliphatic rings. The van der Waals surface area contributed by atoms with E-state index < -0.39 is 0 Å². The van der Waals surface area contributed by atoms with E-state index in [9.17, 15) is 9.50 Å². The zero-order valence-corrected chi connectivity index (χ0v) is 18.2. The second kappa shape index (κ2) is 9.35. The molecule has 0 unspecified atom stereocenters. The Labute approximate surface area is 176 Å². The van der Waals surface area contributed by atoms with Crippen LogP contribution in [0.25, 0.3) is 10.3 Å². The highest BCUT2D eigenvalue weighted by molar-refractivity contribution is 7.99. The zero-order valence-electron chi connectivity index (χ0n) is 15.8. The first-order valence-corrected chi connectivity index (χ1v) is 11.1. The summed E-state index contributed by atoms with van der Waals surface area (Å²) in [6, 6.07) is 6.54. The van der Waals surface area contributed by atoms with E-state index in [0.29, 0.717) is 32.6 Å². The van der Waals surface area contributed by atoms with Gasteiger partial charge in [0.25, 0.3) is 0 Å². The minimum atomic E-state index is -0.254. The van der Waals surface area contributed by atoms with Gasteiger partial charge in [0.05, 0.1) is 12.6 Å². The van der Waals surface area contributed by atoms with Crippen molar-refractivity contribution in [1.29, 1.82) is 0 Å². The third-order valence-electron chi connectivity index (χ3n) is 4.15. The monoisotopic (exact) mass is 440 g/mol. The van der Waals surface area contributed by atoms with Crippen LogP contribution in [0, 0.1) is 11.7 Å². The SMILES string of the molecule is CC(C)C[C@H](CO)Nc1nc(S[C@@H](C)c2ccccc2F)nc2nc(Cl)sc12. The fraction of sp³-hybridized carbons (Fsp3) is 0.421. The smallest absolute Gasteiger partial charge is 0.192 e. The lowest BCUT2D eigenvalue weighted by molar-refractivity contribution is 0.259. The van der Waals surface area contributed by atoms with E-state index in [1.165, 1.54) is 29.2 Å². The van der Waals surface area contributed by atoms with E-state index >= 15 is 0 Å². The normalized spacial score (nSPS) is 13.8. The third-order valence-corrected chi connectivity index (χ3v) is 6.31. The van der Waals surface area contributed by atoms with Crippen LogP contribution >= 0.6 is 34.7 Å². The van der Waals surface area contributed by atoms with E-state index in [0.717, 1.165) is 11.1 Å². The number of aliphatic hydroxyl groups excluding tert-OH is 1. The molecule has 0 aliphatic heterocycles. The zero-order chi connectivity index (χ0) is 20.3. The van der Waals surface area contributed by atoms with Crippen molar-refractivity contribution in [2.45, 2.75) is 43.6 Å². The maximum Gasteiger partial charge on any atom is 0.192 e. The quantitative estimate of drug-likeness (QED) is 0.353. The summed E-state index contributed by atoms with van der Waals surface area (Å²) in [5.74, 6) is 0.759. The predicted molar refractivity (Wildman–Crippen MR) is 115 cm³/mol. The molecule has 3 rings (SSSR count). The Morgan fingerprint density at radius 1 is 1.21 bits per heavy atom. The molecule has 5 nitrogen and oxygen atoms in total. The predicted octanol–water partition coefficient (Wildman–Crippen LogP) is 5.55. The summed E-state index contributed by atoms with van der Waals surface area (Å²) in [4.78, 5) is 13.4. The van der Waals surface area contributed by atoms with Gasteiger partial charge in [-0.15, -0.1) is 0 Å². The number of anilines is 1. The second-order valence-electron chi connectivity index (χ2n) is 6.91. The molecule has 0 bridgehead atoms. The van der Waals surface area contributed by atoms with Crippen LogP contribution in [0.15, 0.2) is 29.4 Å². The van der Waals surface area contributed by atoms with Crippen LogP contribution in [0.4, 0.5) is 10.2 Å². The van der Waals surface area contributed by atoms with Gasteiger partial charge in [0.2, 0.25) is 0 Å². The summed E-state index contributed by atoms with van der Waals surface area (Å²) >= 11 is 8.74. The Bertz CT molecular complexity index is 953. The van der Waals surface area contributed by atoms with Crippen LogP contribution in [-0.2, 0) is 0 Å². The molecule has 150 valence electrons. The number of halogens is 2. The van der Waals surface area contributed by atoms with Crippen molar-refractivity contribution in [3.63, 3.8) is 0 Å². The number of aromatic nitrogens is 3. The van der Waals surface area contributed by atoms with Crippen LogP contribution in [0.5, 0.6) is 0 Å². The highest BCUT2D eigenvalue weighted by Gasteiger charge is 2.19. The molecule has 0 amide bonds. The Kier molecular flexibility index (Phi) is 7.09. The molecular weight excluding hydrogens is 419 g/mol. The minimum Gasteiger partial charge on any atom is -0.394 e. The van der Waals surface area contributed by atoms with Gasteiger partial charge in [0.15, 0.2) is 21.1 Å². The summed E-state index contributed by atoms with van der Waals surface area (Å²) in [5, 5.41) is 13.3. The number of hydrogen-bond acceptors (Lipinski definition) is 7. The molecule has 2 aromatic heterocycles. The van der Waals surface area contributed by atoms with Crippen LogP contribution < -0.4 is 5.32 Å². The summed E-state index contributed by atoms with van der Waals surface area (Å²) in [7, 11) is 0. The maximum atomic E-state index is 14.1. The van der Waals surface area contributed by atoms with E-state index in [1.807, 2.05) is 13.0 Å². The van der Waals surface area contributed by atoms with Gasteiger partial charge in [-0.25, -0.2) is 19.3 Å².